The van der Waals surface area contributed by atoms with Gasteiger partial charge in [0.15, 0.2) is 0 Å². The smallest absolute Gasteiger partial charge is 0.0639 e. The van der Waals surface area contributed by atoms with Crippen molar-refractivity contribution < 1.29 is 5.21 Å². The maximum atomic E-state index is 9.54. The number of fused-ring (bicyclic) bond motifs is 3. The van der Waals surface area contributed by atoms with Gasteiger partial charge in [-0.1, -0.05) is 57.5 Å². The van der Waals surface area contributed by atoms with Crippen molar-refractivity contribution >= 4 is 21.6 Å². The summed E-state index contributed by atoms with van der Waals surface area (Å²) in [6.45, 7) is 0. The van der Waals surface area contributed by atoms with Gasteiger partial charge in [0.05, 0.1) is 5.71 Å². The van der Waals surface area contributed by atoms with Gasteiger partial charge in [-0.2, -0.15) is 0 Å². The second-order valence-electron chi connectivity index (χ2n) is 6.24. The molecule has 3 nitrogen and oxygen atoms in total. The Morgan fingerprint density at radius 2 is 1.80 bits per heavy atom. The standard InChI is InChI=1S/C21H17BrN2O/c22-14-8-9-19-20(11-14)17-6-1-2-7-18(17)21(19)13-16(24-25)12-15-5-3-4-10-23-15/h1-11,21,25H,12-13H2/b24-16-/t21-/m0/s1. The number of pyridine rings is 1. The average Bonchev–Trinajstić information content (AvgIpc) is 2.95. The molecule has 0 aliphatic heterocycles. The van der Waals surface area contributed by atoms with E-state index >= 15 is 0 Å². The van der Waals surface area contributed by atoms with Crippen LogP contribution in [-0.2, 0) is 6.42 Å². The molecular formula is C21H17BrN2O. The minimum atomic E-state index is 0.203. The van der Waals surface area contributed by atoms with Crippen LogP contribution in [0.15, 0.2) is 76.5 Å². The quantitative estimate of drug-likeness (QED) is 0.366. The van der Waals surface area contributed by atoms with Gasteiger partial charge in [-0.25, -0.2) is 0 Å². The molecule has 0 fully saturated rings. The van der Waals surface area contributed by atoms with Crippen LogP contribution in [0.4, 0.5) is 0 Å². The Morgan fingerprint density at radius 1 is 1.00 bits per heavy atom. The maximum Gasteiger partial charge on any atom is 0.0639 e. The zero-order valence-electron chi connectivity index (χ0n) is 13.6. The van der Waals surface area contributed by atoms with Crippen LogP contribution in [0.25, 0.3) is 11.1 Å². The van der Waals surface area contributed by atoms with Crippen molar-refractivity contribution in [3.8, 4) is 11.1 Å². The van der Waals surface area contributed by atoms with Gasteiger partial charge in [0.25, 0.3) is 0 Å². The van der Waals surface area contributed by atoms with Gasteiger partial charge in [0.1, 0.15) is 0 Å². The minimum Gasteiger partial charge on any atom is -0.411 e. The van der Waals surface area contributed by atoms with E-state index in [1.807, 2.05) is 18.2 Å². The Bertz CT molecular complexity index is 938. The van der Waals surface area contributed by atoms with E-state index in [-0.39, 0.29) is 5.92 Å². The lowest BCUT2D eigenvalue weighted by Gasteiger charge is -2.14. The molecule has 1 aromatic heterocycles. The predicted molar refractivity (Wildman–Crippen MR) is 103 cm³/mol. The van der Waals surface area contributed by atoms with E-state index < -0.39 is 0 Å². The summed E-state index contributed by atoms with van der Waals surface area (Å²) in [5.74, 6) is 0.203. The molecular weight excluding hydrogens is 376 g/mol. The van der Waals surface area contributed by atoms with Gasteiger partial charge >= 0.3 is 0 Å². The number of rotatable bonds is 4. The third-order valence-electron chi connectivity index (χ3n) is 4.71. The first kappa shape index (κ1) is 16.0. The molecule has 25 heavy (non-hydrogen) atoms. The van der Waals surface area contributed by atoms with E-state index in [1.54, 1.807) is 6.20 Å². The summed E-state index contributed by atoms with van der Waals surface area (Å²) < 4.78 is 1.08. The number of benzene rings is 2. The number of aromatic nitrogens is 1. The van der Waals surface area contributed by atoms with Crippen LogP contribution in [0.5, 0.6) is 0 Å². The van der Waals surface area contributed by atoms with E-state index in [0.29, 0.717) is 12.8 Å². The van der Waals surface area contributed by atoms with Crippen LogP contribution in [0.1, 0.15) is 29.2 Å². The molecule has 124 valence electrons. The summed E-state index contributed by atoms with van der Waals surface area (Å²) in [5, 5.41) is 13.1. The van der Waals surface area contributed by atoms with Crippen LogP contribution in [-0.4, -0.2) is 15.9 Å². The van der Waals surface area contributed by atoms with Crippen LogP contribution in [0.3, 0.4) is 0 Å². The molecule has 0 unspecified atom stereocenters. The molecule has 1 aliphatic carbocycles. The topological polar surface area (TPSA) is 45.5 Å². The molecule has 0 spiro atoms. The fourth-order valence-corrected chi connectivity index (χ4v) is 3.96. The molecule has 4 heteroatoms. The highest BCUT2D eigenvalue weighted by atomic mass is 79.9. The molecule has 4 rings (SSSR count). The van der Waals surface area contributed by atoms with Gasteiger partial charge in [0, 0.05) is 35.1 Å². The highest BCUT2D eigenvalue weighted by Gasteiger charge is 2.29. The molecule has 2 aromatic carbocycles. The summed E-state index contributed by atoms with van der Waals surface area (Å²) in [6.07, 6.45) is 3.00. The first-order chi connectivity index (χ1) is 12.3. The van der Waals surface area contributed by atoms with Crippen molar-refractivity contribution in [3.05, 3.63) is 88.2 Å². The molecule has 1 atom stereocenters. The first-order valence-corrected chi connectivity index (χ1v) is 9.04. The summed E-state index contributed by atoms with van der Waals surface area (Å²) >= 11 is 3.57. The fourth-order valence-electron chi connectivity index (χ4n) is 3.59. The number of oxime groups is 1. The van der Waals surface area contributed by atoms with Crippen LogP contribution < -0.4 is 0 Å². The summed E-state index contributed by atoms with van der Waals surface area (Å²) in [6, 6.07) is 20.7. The molecule has 3 aromatic rings. The zero-order chi connectivity index (χ0) is 17.2. The van der Waals surface area contributed by atoms with E-state index in [2.05, 4.69) is 68.5 Å². The molecule has 1 heterocycles. The molecule has 0 bridgehead atoms. The van der Waals surface area contributed by atoms with E-state index in [0.717, 1.165) is 15.9 Å². The third kappa shape index (κ3) is 3.10. The Kier molecular flexibility index (Phi) is 4.36. The lowest BCUT2D eigenvalue weighted by molar-refractivity contribution is 0.316. The van der Waals surface area contributed by atoms with Crippen LogP contribution in [0, 0.1) is 0 Å². The molecule has 0 radical (unpaired) electrons. The van der Waals surface area contributed by atoms with E-state index in [9.17, 15) is 5.21 Å². The van der Waals surface area contributed by atoms with Gasteiger partial charge in [-0.05, 0) is 46.5 Å². The fraction of sp³-hybridized carbons (Fsp3) is 0.143. The van der Waals surface area contributed by atoms with Crippen molar-refractivity contribution in [2.45, 2.75) is 18.8 Å². The lowest BCUT2D eigenvalue weighted by Crippen LogP contribution is -2.10. The minimum absolute atomic E-state index is 0.203. The number of hydrogen-bond donors (Lipinski definition) is 1. The number of hydrogen-bond acceptors (Lipinski definition) is 3. The van der Waals surface area contributed by atoms with Gasteiger partial charge in [0.2, 0.25) is 0 Å². The number of nitrogens with zero attached hydrogens (tertiary/aromatic N) is 2. The monoisotopic (exact) mass is 392 g/mol. The predicted octanol–water partition coefficient (Wildman–Crippen LogP) is 5.42. The van der Waals surface area contributed by atoms with Crippen molar-refractivity contribution in [2.24, 2.45) is 5.16 Å². The highest BCUT2D eigenvalue weighted by Crippen LogP contribution is 2.47. The van der Waals surface area contributed by atoms with E-state index in [1.165, 1.54) is 22.3 Å². The van der Waals surface area contributed by atoms with Gasteiger partial charge in [-0.3, -0.25) is 4.98 Å². The number of halogens is 1. The molecule has 0 amide bonds. The highest BCUT2D eigenvalue weighted by molar-refractivity contribution is 9.10. The lowest BCUT2D eigenvalue weighted by atomic mass is 9.90. The Morgan fingerprint density at radius 3 is 2.60 bits per heavy atom. The van der Waals surface area contributed by atoms with Crippen molar-refractivity contribution in [2.75, 3.05) is 0 Å². The molecule has 1 aliphatic rings. The van der Waals surface area contributed by atoms with Crippen molar-refractivity contribution in [3.63, 3.8) is 0 Å². The largest absolute Gasteiger partial charge is 0.411 e. The average molecular weight is 393 g/mol. The van der Waals surface area contributed by atoms with E-state index in [4.69, 9.17) is 0 Å². The Balaban J connectivity index is 1.68. The molecule has 1 N–H and O–H groups in total. The molecule has 0 saturated heterocycles. The van der Waals surface area contributed by atoms with Crippen LogP contribution in [0.2, 0.25) is 0 Å². The summed E-state index contributed by atoms with van der Waals surface area (Å²) in [4.78, 5) is 4.34. The second kappa shape index (κ2) is 6.81. The molecule has 0 saturated carbocycles. The maximum absolute atomic E-state index is 9.54. The SMILES string of the molecule is O/N=C(/Cc1ccccn1)C[C@H]1c2ccccc2-c2cc(Br)ccc21. The van der Waals surface area contributed by atoms with Gasteiger partial charge in [-0.15, -0.1) is 0 Å². The normalized spacial score (nSPS) is 15.7. The van der Waals surface area contributed by atoms with Crippen LogP contribution >= 0.6 is 15.9 Å². The summed E-state index contributed by atoms with van der Waals surface area (Å²) in [7, 11) is 0. The Labute approximate surface area is 155 Å². The van der Waals surface area contributed by atoms with Crippen molar-refractivity contribution in [1.29, 1.82) is 0 Å². The summed E-state index contributed by atoms with van der Waals surface area (Å²) in [5.41, 5.74) is 6.75. The zero-order valence-corrected chi connectivity index (χ0v) is 15.1. The first-order valence-electron chi connectivity index (χ1n) is 8.24. The van der Waals surface area contributed by atoms with Crippen molar-refractivity contribution in [1.82, 2.24) is 4.98 Å². The second-order valence-corrected chi connectivity index (χ2v) is 7.16. The third-order valence-corrected chi connectivity index (χ3v) is 5.20. The van der Waals surface area contributed by atoms with Gasteiger partial charge < -0.3 is 5.21 Å². The Hall–Kier alpha value is -2.46.